The second kappa shape index (κ2) is 8.10. The van der Waals surface area contributed by atoms with E-state index in [-0.39, 0.29) is 29.8 Å². The molecule has 0 radical (unpaired) electrons. The van der Waals surface area contributed by atoms with Crippen LogP contribution in [0.15, 0.2) is 12.2 Å². The summed E-state index contributed by atoms with van der Waals surface area (Å²) in [4.78, 5) is 21.9. The lowest BCUT2D eigenvalue weighted by atomic mass is 9.89. The van der Waals surface area contributed by atoms with Crippen LogP contribution in [0.5, 0.6) is 0 Å². The van der Waals surface area contributed by atoms with E-state index in [1.54, 1.807) is 0 Å². The molecule has 0 aliphatic heterocycles. The molecule has 0 aromatic carbocycles. The maximum absolute atomic E-state index is 11.0. The van der Waals surface area contributed by atoms with Crippen LogP contribution in [0.1, 0.15) is 39.0 Å². The molecule has 4 atom stereocenters. The fraction of sp³-hybridized carbons (Fsp3) is 0.733. The molecule has 108 valence electrons. The molecule has 0 bridgehead atoms. The standard InChI is InChI=1S/C15H24O4/c1-11-9-14(17)12(13(11)10-16)7-5-3-4-6-8-15(18)19-2/h3,5,10-14,17H,4,6-9H2,1-2H3/b5-3-/t11-,12-,13+,14+/m1/s1. The summed E-state index contributed by atoms with van der Waals surface area (Å²) in [6.45, 7) is 2.02. The third-order valence-corrected chi connectivity index (χ3v) is 3.97. The summed E-state index contributed by atoms with van der Waals surface area (Å²) >= 11 is 0. The summed E-state index contributed by atoms with van der Waals surface area (Å²) in [6, 6.07) is 0. The molecule has 1 fully saturated rings. The molecule has 1 rings (SSSR count). The zero-order valence-corrected chi connectivity index (χ0v) is 11.7. The van der Waals surface area contributed by atoms with Gasteiger partial charge >= 0.3 is 5.97 Å². The van der Waals surface area contributed by atoms with Gasteiger partial charge in [-0.25, -0.2) is 0 Å². The van der Waals surface area contributed by atoms with Crippen LogP contribution >= 0.6 is 0 Å². The Balaban J connectivity index is 2.27. The van der Waals surface area contributed by atoms with Crippen molar-refractivity contribution in [3.05, 3.63) is 12.2 Å². The van der Waals surface area contributed by atoms with Gasteiger partial charge in [0.1, 0.15) is 6.29 Å². The zero-order valence-electron chi connectivity index (χ0n) is 11.7. The second-order valence-electron chi connectivity index (χ2n) is 5.33. The van der Waals surface area contributed by atoms with Gasteiger partial charge in [-0.15, -0.1) is 0 Å². The van der Waals surface area contributed by atoms with Gasteiger partial charge in [0.15, 0.2) is 0 Å². The highest BCUT2D eigenvalue weighted by molar-refractivity contribution is 5.69. The van der Waals surface area contributed by atoms with Crippen LogP contribution in [-0.4, -0.2) is 30.6 Å². The van der Waals surface area contributed by atoms with Crippen molar-refractivity contribution in [3.63, 3.8) is 0 Å². The van der Waals surface area contributed by atoms with Crippen LogP contribution in [0.4, 0.5) is 0 Å². The molecule has 0 spiro atoms. The smallest absolute Gasteiger partial charge is 0.305 e. The number of methoxy groups -OCH3 is 1. The number of unbranched alkanes of at least 4 members (excludes halogenated alkanes) is 1. The van der Waals surface area contributed by atoms with E-state index in [4.69, 9.17) is 0 Å². The average molecular weight is 268 g/mol. The number of ether oxygens (including phenoxy) is 1. The average Bonchev–Trinajstić information content (AvgIpc) is 2.67. The fourth-order valence-corrected chi connectivity index (χ4v) is 2.78. The minimum Gasteiger partial charge on any atom is -0.469 e. The van der Waals surface area contributed by atoms with Gasteiger partial charge in [0.2, 0.25) is 0 Å². The molecule has 1 N–H and O–H groups in total. The van der Waals surface area contributed by atoms with E-state index in [0.717, 1.165) is 25.5 Å². The molecule has 4 nitrogen and oxygen atoms in total. The van der Waals surface area contributed by atoms with Gasteiger partial charge < -0.3 is 14.6 Å². The molecular weight excluding hydrogens is 244 g/mol. The van der Waals surface area contributed by atoms with Crippen molar-refractivity contribution in [2.75, 3.05) is 7.11 Å². The van der Waals surface area contributed by atoms with Crippen LogP contribution < -0.4 is 0 Å². The lowest BCUT2D eigenvalue weighted by Gasteiger charge is -2.17. The number of hydrogen-bond acceptors (Lipinski definition) is 4. The first-order valence-corrected chi connectivity index (χ1v) is 6.95. The van der Waals surface area contributed by atoms with E-state index in [1.165, 1.54) is 7.11 Å². The highest BCUT2D eigenvalue weighted by Gasteiger charge is 2.38. The number of aliphatic hydroxyl groups excluding tert-OH is 1. The van der Waals surface area contributed by atoms with E-state index < -0.39 is 0 Å². The Morgan fingerprint density at radius 3 is 2.79 bits per heavy atom. The third kappa shape index (κ3) is 4.78. The van der Waals surface area contributed by atoms with Crippen LogP contribution in [0.3, 0.4) is 0 Å². The lowest BCUT2D eigenvalue weighted by molar-refractivity contribution is -0.140. The Labute approximate surface area is 114 Å². The Bertz CT molecular complexity index is 324. The monoisotopic (exact) mass is 268 g/mol. The topological polar surface area (TPSA) is 63.6 Å². The van der Waals surface area contributed by atoms with E-state index in [2.05, 4.69) is 4.74 Å². The lowest BCUT2D eigenvalue weighted by Crippen LogP contribution is -2.20. The molecule has 0 aromatic heterocycles. The molecule has 0 amide bonds. The number of rotatable bonds is 7. The predicted octanol–water partition coefficient (Wildman–Crippen LogP) is 2.11. The number of esters is 1. The Hall–Kier alpha value is -1.16. The highest BCUT2D eigenvalue weighted by Crippen LogP contribution is 2.38. The molecule has 0 unspecified atom stereocenters. The summed E-state index contributed by atoms with van der Waals surface area (Å²) in [5.41, 5.74) is 0. The number of aldehydes is 1. The molecule has 1 saturated carbocycles. The highest BCUT2D eigenvalue weighted by atomic mass is 16.5. The van der Waals surface area contributed by atoms with Crippen LogP contribution in [0.25, 0.3) is 0 Å². The first kappa shape index (κ1) is 15.9. The van der Waals surface area contributed by atoms with E-state index >= 15 is 0 Å². The molecule has 0 heterocycles. The summed E-state index contributed by atoms with van der Waals surface area (Å²) in [5, 5.41) is 9.91. The largest absolute Gasteiger partial charge is 0.469 e. The van der Waals surface area contributed by atoms with Gasteiger partial charge in [-0.2, -0.15) is 0 Å². The Kier molecular flexibility index (Phi) is 6.78. The predicted molar refractivity (Wildman–Crippen MR) is 72.5 cm³/mol. The summed E-state index contributed by atoms with van der Waals surface area (Å²) < 4.78 is 4.56. The second-order valence-corrected chi connectivity index (χ2v) is 5.33. The van der Waals surface area contributed by atoms with Crippen LogP contribution in [-0.2, 0) is 14.3 Å². The minimum absolute atomic E-state index is 0.0327. The third-order valence-electron chi connectivity index (χ3n) is 3.97. The maximum Gasteiger partial charge on any atom is 0.305 e. The van der Waals surface area contributed by atoms with Crippen molar-refractivity contribution in [3.8, 4) is 0 Å². The molecule has 19 heavy (non-hydrogen) atoms. The normalized spacial score (nSPS) is 30.7. The van der Waals surface area contributed by atoms with E-state index in [1.807, 2.05) is 19.1 Å². The van der Waals surface area contributed by atoms with Crippen molar-refractivity contribution in [2.24, 2.45) is 17.8 Å². The van der Waals surface area contributed by atoms with Crippen molar-refractivity contribution >= 4 is 12.3 Å². The SMILES string of the molecule is COC(=O)CCC/C=C\C[C@@H]1[C@@H](C=O)[C@H](C)C[C@@H]1O. The molecule has 1 aliphatic rings. The van der Waals surface area contributed by atoms with Gasteiger partial charge in [-0.05, 0) is 37.5 Å². The molecular formula is C15H24O4. The summed E-state index contributed by atoms with van der Waals surface area (Å²) in [5.74, 6) is 0.0961. The summed E-state index contributed by atoms with van der Waals surface area (Å²) in [7, 11) is 1.39. The first-order valence-electron chi connectivity index (χ1n) is 6.95. The van der Waals surface area contributed by atoms with Crippen molar-refractivity contribution in [1.29, 1.82) is 0 Å². The molecule has 0 aromatic rings. The fourth-order valence-electron chi connectivity index (χ4n) is 2.78. The first-order chi connectivity index (χ1) is 9.10. The molecule has 1 aliphatic carbocycles. The van der Waals surface area contributed by atoms with Gasteiger partial charge in [-0.1, -0.05) is 19.1 Å². The zero-order chi connectivity index (χ0) is 14.3. The van der Waals surface area contributed by atoms with Crippen molar-refractivity contribution < 1.29 is 19.4 Å². The van der Waals surface area contributed by atoms with Crippen molar-refractivity contribution in [1.82, 2.24) is 0 Å². The quantitative estimate of drug-likeness (QED) is 0.332. The van der Waals surface area contributed by atoms with Gasteiger partial charge in [0.25, 0.3) is 0 Å². The number of hydrogen-bond donors (Lipinski definition) is 1. The van der Waals surface area contributed by atoms with E-state index in [0.29, 0.717) is 12.8 Å². The number of carbonyl (C=O) groups excluding carboxylic acids is 2. The molecule has 4 heteroatoms. The number of carbonyl (C=O) groups is 2. The van der Waals surface area contributed by atoms with Gasteiger partial charge in [0.05, 0.1) is 13.2 Å². The summed E-state index contributed by atoms with van der Waals surface area (Å²) in [6.07, 6.45) is 8.10. The minimum atomic E-state index is -0.370. The van der Waals surface area contributed by atoms with E-state index in [9.17, 15) is 14.7 Å². The van der Waals surface area contributed by atoms with Gasteiger partial charge in [-0.3, -0.25) is 4.79 Å². The van der Waals surface area contributed by atoms with Gasteiger partial charge in [0, 0.05) is 12.3 Å². The van der Waals surface area contributed by atoms with Crippen LogP contribution in [0, 0.1) is 17.8 Å². The number of allylic oxidation sites excluding steroid dienone is 2. The molecule has 0 saturated heterocycles. The Morgan fingerprint density at radius 2 is 2.16 bits per heavy atom. The van der Waals surface area contributed by atoms with Crippen molar-refractivity contribution in [2.45, 2.75) is 45.1 Å². The van der Waals surface area contributed by atoms with Crippen LogP contribution in [0.2, 0.25) is 0 Å². The Morgan fingerprint density at radius 1 is 1.42 bits per heavy atom. The number of aliphatic hydroxyl groups is 1. The maximum atomic E-state index is 11.0.